The zero-order valence-electron chi connectivity index (χ0n) is 13.6. The van der Waals surface area contributed by atoms with Crippen molar-refractivity contribution in [3.8, 4) is 0 Å². The smallest absolute Gasteiger partial charge is 0.245 e. The molecule has 9 heteroatoms. The van der Waals surface area contributed by atoms with Gasteiger partial charge in [-0.1, -0.05) is 18.2 Å². The van der Waals surface area contributed by atoms with E-state index in [1.54, 1.807) is 37.3 Å². The normalized spacial score (nSPS) is 22.9. The monoisotopic (exact) mass is 374 g/mol. The second-order valence-electron chi connectivity index (χ2n) is 5.98. The predicted molar refractivity (Wildman–Crippen MR) is 89.3 cm³/mol. The Hall–Kier alpha value is -1.00. The molecule has 2 fully saturated rings. The Morgan fingerprint density at radius 3 is 2.25 bits per heavy atom. The van der Waals surface area contributed by atoms with E-state index in [4.69, 9.17) is 4.74 Å². The first-order valence-corrected chi connectivity index (χ1v) is 11.1. The Bertz CT molecular complexity index is 784. The Labute approximate surface area is 143 Å². The maximum Gasteiger partial charge on any atom is 0.245 e. The highest BCUT2D eigenvalue weighted by Gasteiger charge is 2.51. The van der Waals surface area contributed by atoms with Crippen LogP contribution in [0.1, 0.15) is 19.8 Å². The van der Waals surface area contributed by atoms with Gasteiger partial charge in [0.1, 0.15) is 5.72 Å². The summed E-state index contributed by atoms with van der Waals surface area (Å²) < 4.78 is 58.6. The molecule has 0 N–H and O–H groups in total. The number of ether oxygens (including phenoxy) is 1. The van der Waals surface area contributed by atoms with Gasteiger partial charge in [-0.15, -0.1) is 0 Å². The highest BCUT2D eigenvalue weighted by Crippen LogP contribution is 2.38. The van der Waals surface area contributed by atoms with Gasteiger partial charge >= 0.3 is 0 Å². The molecule has 0 unspecified atom stereocenters. The topological polar surface area (TPSA) is 84.0 Å². The fourth-order valence-corrected chi connectivity index (χ4v) is 6.19. The third-order valence-corrected chi connectivity index (χ3v) is 8.56. The van der Waals surface area contributed by atoms with E-state index in [2.05, 4.69) is 0 Å². The standard InChI is InChI=1S/C15H22N2O5S2/c1-2-23(18,19)16-10-8-15(9-11-16)17(12-13-22-15)24(20,21)14-6-4-3-5-7-14/h3-7H,2,8-13H2,1H3. The zero-order chi connectivity index (χ0) is 17.4. The molecule has 2 heterocycles. The molecule has 1 aromatic carbocycles. The second kappa shape index (κ2) is 6.38. The van der Waals surface area contributed by atoms with E-state index in [9.17, 15) is 16.8 Å². The summed E-state index contributed by atoms with van der Waals surface area (Å²) in [4.78, 5) is 0.235. The molecule has 0 radical (unpaired) electrons. The number of sulfonamides is 2. The average molecular weight is 374 g/mol. The Balaban J connectivity index is 1.85. The number of piperidine rings is 1. The lowest BCUT2D eigenvalue weighted by atomic mass is 10.0. The van der Waals surface area contributed by atoms with Gasteiger partial charge in [0.25, 0.3) is 0 Å². The van der Waals surface area contributed by atoms with Crippen molar-refractivity contribution < 1.29 is 21.6 Å². The molecule has 2 aliphatic rings. The van der Waals surface area contributed by atoms with Crippen LogP contribution in [0.5, 0.6) is 0 Å². The first kappa shape index (κ1) is 17.8. The molecule has 7 nitrogen and oxygen atoms in total. The lowest BCUT2D eigenvalue weighted by Crippen LogP contribution is -2.55. The van der Waals surface area contributed by atoms with Crippen LogP contribution in [0.3, 0.4) is 0 Å². The molecule has 1 aromatic rings. The Kier molecular flexibility index (Phi) is 4.73. The van der Waals surface area contributed by atoms with Gasteiger partial charge in [0.05, 0.1) is 17.3 Å². The average Bonchev–Trinajstić information content (AvgIpc) is 3.00. The molecule has 0 amide bonds. The van der Waals surface area contributed by atoms with Crippen molar-refractivity contribution >= 4 is 20.0 Å². The van der Waals surface area contributed by atoms with Crippen LogP contribution in [0.25, 0.3) is 0 Å². The van der Waals surface area contributed by atoms with Gasteiger partial charge in [-0.2, -0.15) is 4.31 Å². The lowest BCUT2D eigenvalue weighted by molar-refractivity contribution is -0.0806. The van der Waals surface area contributed by atoms with Crippen molar-refractivity contribution in [2.24, 2.45) is 0 Å². The van der Waals surface area contributed by atoms with Crippen molar-refractivity contribution in [2.75, 3.05) is 32.0 Å². The van der Waals surface area contributed by atoms with E-state index < -0.39 is 25.8 Å². The summed E-state index contributed by atoms with van der Waals surface area (Å²) in [6.45, 7) is 2.77. The van der Waals surface area contributed by atoms with Crippen LogP contribution in [-0.2, 0) is 24.8 Å². The number of hydrogen-bond acceptors (Lipinski definition) is 5. The minimum absolute atomic E-state index is 0.0485. The minimum atomic E-state index is -3.66. The summed E-state index contributed by atoms with van der Waals surface area (Å²) in [7, 11) is -6.93. The largest absolute Gasteiger partial charge is 0.358 e. The summed E-state index contributed by atoms with van der Waals surface area (Å²) >= 11 is 0. The van der Waals surface area contributed by atoms with Crippen molar-refractivity contribution in [3.63, 3.8) is 0 Å². The van der Waals surface area contributed by atoms with Gasteiger partial charge in [0.2, 0.25) is 20.0 Å². The van der Waals surface area contributed by atoms with Gasteiger partial charge in [0, 0.05) is 32.5 Å². The van der Waals surface area contributed by atoms with Crippen molar-refractivity contribution in [1.82, 2.24) is 8.61 Å². The second-order valence-corrected chi connectivity index (χ2v) is 10.1. The fourth-order valence-electron chi connectivity index (χ4n) is 3.34. The summed E-state index contributed by atoms with van der Waals surface area (Å²) in [5.74, 6) is 0.0485. The molecule has 1 spiro atoms. The van der Waals surface area contributed by atoms with E-state index in [1.807, 2.05) is 0 Å². The summed E-state index contributed by atoms with van der Waals surface area (Å²) in [5.41, 5.74) is -0.936. The first-order chi connectivity index (χ1) is 11.3. The van der Waals surface area contributed by atoms with Gasteiger partial charge in [-0.05, 0) is 19.1 Å². The minimum Gasteiger partial charge on any atom is -0.358 e. The molecule has 2 aliphatic heterocycles. The molecule has 2 saturated heterocycles. The third-order valence-electron chi connectivity index (χ3n) is 4.71. The van der Waals surface area contributed by atoms with Crippen molar-refractivity contribution in [1.29, 1.82) is 0 Å². The third kappa shape index (κ3) is 2.99. The van der Waals surface area contributed by atoms with Crippen LogP contribution < -0.4 is 0 Å². The number of hydrogen-bond donors (Lipinski definition) is 0. The van der Waals surface area contributed by atoms with Crippen LogP contribution in [0.15, 0.2) is 35.2 Å². The Morgan fingerprint density at radius 1 is 1.04 bits per heavy atom. The number of nitrogens with zero attached hydrogens (tertiary/aromatic N) is 2. The fraction of sp³-hybridized carbons (Fsp3) is 0.600. The molecule has 0 aliphatic carbocycles. The summed E-state index contributed by atoms with van der Waals surface area (Å²) in [6, 6.07) is 8.28. The Morgan fingerprint density at radius 2 is 1.67 bits per heavy atom. The maximum absolute atomic E-state index is 13.0. The van der Waals surface area contributed by atoms with Gasteiger partial charge in [-0.3, -0.25) is 0 Å². The van der Waals surface area contributed by atoms with Gasteiger partial charge < -0.3 is 4.74 Å². The van der Waals surface area contributed by atoms with Gasteiger partial charge in [-0.25, -0.2) is 21.1 Å². The predicted octanol–water partition coefficient (Wildman–Crippen LogP) is 0.849. The molecule has 24 heavy (non-hydrogen) atoms. The lowest BCUT2D eigenvalue weighted by Gasteiger charge is -2.42. The van der Waals surface area contributed by atoms with E-state index in [0.29, 0.717) is 19.4 Å². The van der Waals surface area contributed by atoms with Crippen molar-refractivity contribution in [2.45, 2.75) is 30.4 Å². The molecule has 0 bridgehead atoms. The van der Waals surface area contributed by atoms with Crippen LogP contribution >= 0.6 is 0 Å². The van der Waals surface area contributed by atoms with E-state index in [0.717, 1.165) is 0 Å². The number of benzene rings is 1. The van der Waals surface area contributed by atoms with Crippen LogP contribution in [-0.4, -0.2) is 63.2 Å². The van der Waals surface area contributed by atoms with E-state index in [1.165, 1.54) is 8.61 Å². The molecular weight excluding hydrogens is 352 g/mol. The van der Waals surface area contributed by atoms with Crippen LogP contribution in [0, 0.1) is 0 Å². The highest BCUT2D eigenvalue weighted by molar-refractivity contribution is 7.89. The molecule has 134 valence electrons. The quantitative estimate of drug-likeness (QED) is 0.780. The molecule has 0 atom stereocenters. The molecule has 0 saturated carbocycles. The highest BCUT2D eigenvalue weighted by atomic mass is 32.2. The molecule has 0 aromatic heterocycles. The van der Waals surface area contributed by atoms with Gasteiger partial charge in [0.15, 0.2) is 0 Å². The first-order valence-electron chi connectivity index (χ1n) is 8.01. The van der Waals surface area contributed by atoms with E-state index in [-0.39, 0.29) is 30.3 Å². The maximum atomic E-state index is 13.0. The SMILES string of the molecule is CCS(=O)(=O)N1CCC2(CC1)OCCN2S(=O)(=O)c1ccccc1. The zero-order valence-corrected chi connectivity index (χ0v) is 15.2. The summed E-state index contributed by atoms with van der Waals surface area (Å²) in [5, 5.41) is 0. The van der Waals surface area contributed by atoms with Crippen LogP contribution in [0.2, 0.25) is 0 Å². The number of rotatable bonds is 4. The molecule has 3 rings (SSSR count). The van der Waals surface area contributed by atoms with Crippen molar-refractivity contribution in [3.05, 3.63) is 30.3 Å². The van der Waals surface area contributed by atoms with Crippen LogP contribution in [0.4, 0.5) is 0 Å². The summed E-state index contributed by atoms with van der Waals surface area (Å²) in [6.07, 6.45) is 0.691. The molecular formula is C15H22N2O5S2. The van der Waals surface area contributed by atoms with E-state index >= 15 is 0 Å².